The van der Waals surface area contributed by atoms with Crippen molar-refractivity contribution in [3.8, 4) is 17.2 Å². The molecule has 3 rings (SSSR count). The van der Waals surface area contributed by atoms with Crippen LogP contribution in [0.2, 0.25) is 5.02 Å². The Hall–Kier alpha value is -2.78. The number of halogens is 1. The first kappa shape index (κ1) is 16.1. The van der Waals surface area contributed by atoms with E-state index in [1.807, 2.05) is 43.3 Å². The van der Waals surface area contributed by atoms with E-state index in [-0.39, 0.29) is 0 Å². The molecule has 0 saturated carbocycles. The van der Waals surface area contributed by atoms with Gasteiger partial charge in [0.15, 0.2) is 0 Å². The number of carbonyl (C=O) groups is 1. The van der Waals surface area contributed by atoms with Gasteiger partial charge in [-0.05, 0) is 55.0 Å². The molecule has 3 aromatic carbocycles. The molecule has 0 aliphatic carbocycles. The first-order valence-electron chi connectivity index (χ1n) is 7.43. The first-order valence-corrected chi connectivity index (χ1v) is 7.81. The van der Waals surface area contributed by atoms with Crippen molar-refractivity contribution in [1.82, 2.24) is 0 Å². The van der Waals surface area contributed by atoms with Gasteiger partial charge >= 0.3 is 5.97 Å². The number of hydrogen-bond donors (Lipinski definition) is 0. The lowest BCUT2D eigenvalue weighted by atomic mass is 10.2. The first-order chi connectivity index (χ1) is 11.6. The molecular formula is C20H15ClO3. The molecule has 0 N–H and O–H groups in total. The molecule has 0 amide bonds. The van der Waals surface area contributed by atoms with Crippen molar-refractivity contribution in [3.05, 3.63) is 88.9 Å². The van der Waals surface area contributed by atoms with Gasteiger partial charge in [0.05, 0.1) is 10.6 Å². The van der Waals surface area contributed by atoms with Crippen LogP contribution in [0, 0.1) is 6.92 Å². The zero-order valence-corrected chi connectivity index (χ0v) is 13.8. The SMILES string of the molecule is Cc1ccc(Cl)c(OC(=O)c2cccc(Oc3ccccc3)c2)c1. The molecule has 0 spiro atoms. The van der Waals surface area contributed by atoms with E-state index in [2.05, 4.69) is 0 Å². The minimum atomic E-state index is -0.485. The van der Waals surface area contributed by atoms with Crippen LogP contribution in [0.4, 0.5) is 0 Å². The Morgan fingerprint density at radius 3 is 2.42 bits per heavy atom. The molecular weight excluding hydrogens is 324 g/mol. The fourth-order valence-electron chi connectivity index (χ4n) is 2.16. The fraction of sp³-hybridized carbons (Fsp3) is 0.0500. The van der Waals surface area contributed by atoms with Crippen molar-refractivity contribution in [2.24, 2.45) is 0 Å². The van der Waals surface area contributed by atoms with Crippen LogP contribution in [0.3, 0.4) is 0 Å². The molecule has 4 heteroatoms. The molecule has 0 aromatic heterocycles. The van der Waals surface area contributed by atoms with Crippen LogP contribution in [-0.4, -0.2) is 5.97 Å². The molecule has 0 bridgehead atoms. The maximum absolute atomic E-state index is 12.3. The fourth-order valence-corrected chi connectivity index (χ4v) is 2.31. The van der Waals surface area contributed by atoms with Crippen molar-refractivity contribution in [3.63, 3.8) is 0 Å². The lowest BCUT2D eigenvalue weighted by Crippen LogP contribution is -2.09. The maximum Gasteiger partial charge on any atom is 0.343 e. The van der Waals surface area contributed by atoms with Crippen LogP contribution in [-0.2, 0) is 0 Å². The molecule has 0 saturated heterocycles. The molecule has 0 unspecified atom stereocenters. The summed E-state index contributed by atoms with van der Waals surface area (Å²) in [5, 5.41) is 0.394. The summed E-state index contributed by atoms with van der Waals surface area (Å²) < 4.78 is 11.1. The van der Waals surface area contributed by atoms with Crippen molar-refractivity contribution in [2.45, 2.75) is 6.92 Å². The van der Waals surface area contributed by atoms with Gasteiger partial charge in [0, 0.05) is 0 Å². The summed E-state index contributed by atoms with van der Waals surface area (Å²) in [5.74, 6) is 1.12. The summed E-state index contributed by atoms with van der Waals surface area (Å²) in [5.41, 5.74) is 1.35. The van der Waals surface area contributed by atoms with E-state index in [0.29, 0.717) is 27.8 Å². The van der Waals surface area contributed by atoms with E-state index in [1.54, 1.807) is 36.4 Å². The number of rotatable bonds is 4. The highest BCUT2D eigenvalue weighted by Crippen LogP contribution is 2.27. The zero-order valence-electron chi connectivity index (χ0n) is 13.0. The van der Waals surface area contributed by atoms with E-state index in [9.17, 15) is 4.79 Å². The minimum absolute atomic E-state index is 0.344. The number of aryl methyl sites for hydroxylation is 1. The maximum atomic E-state index is 12.3. The van der Waals surface area contributed by atoms with E-state index in [4.69, 9.17) is 21.1 Å². The van der Waals surface area contributed by atoms with E-state index in [0.717, 1.165) is 5.56 Å². The largest absolute Gasteiger partial charge is 0.457 e. The molecule has 3 nitrogen and oxygen atoms in total. The average molecular weight is 339 g/mol. The van der Waals surface area contributed by atoms with Gasteiger partial charge in [-0.15, -0.1) is 0 Å². The Kier molecular flexibility index (Phi) is 4.82. The van der Waals surface area contributed by atoms with Crippen LogP contribution in [0.15, 0.2) is 72.8 Å². The molecule has 0 fully saturated rings. The number of hydrogen-bond acceptors (Lipinski definition) is 3. The Morgan fingerprint density at radius 1 is 0.875 bits per heavy atom. The number of benzene rings is 3. The summed E-state index contributed by atoms with van der Waals surface area (Å²) in [6, 6.07) is 21.5. The lowest BCUT2D eigenvalue weighted by molar-refractivity contribution is 0.0734. The third kappa shape index (κ3) is 3.94. The van der Waals surface area contributed by atoms with Crippen LogP contribution in [0.25, 0.3) is 0 Å². The molecule has 0 heterocycles. The van der Waals surface area contributed by atoms with Gasteiger partial charge in [-0.3, -0.25) is 0 Å². The quantitative estimate of drug-likeness (QED) is 0.455. The highest BCUT2D eigenvalue weighted by Gasteiger charge is 2.12. The Morgan fingerprint density at radius 2 is 1.62 bits per heavy atom. The highest BCUT2D eigenvalue weighted by atomic mass is 35.5. The van der Waals surface area contributed by atoms with Crippen LogP contribution < -0.4 is 9.47 Å². The molecule has 0 radical (unpaired) electrons. The molecule has 24 heavy (non-hydrogen) atoms. The molecule has 120 valence electrons. The van der Waals surface area contributed by atoms with Crippen molar-refractivity contribution < 1.29 is 14.3 Å². The van der Waals surface area contributed by atoms with E-state index < -0.39 is 5.97 Å². The summed E-state index contributed by atoms with van der Waals surface area (Å²) in [6.45, 7) is 1.90. The second-order valence-electron chi connectivity index (χ2n) is 5.27. The predicted octanol–water partition coefficient (Wildman–Crippen LogP) is 5.66. The summed E-state index contributed by atoms with van der Waals surface area (Å²) in [4.78, 5) is 12.3. The van der Waals surface area contributed by atoms with Gasteiger partial charge in [0.1, 0.15) is 17.2 Å². The summed E-state index contributed by atoms with van der Waals surface area (Å²) in [7, 11) is 0. The van der Waals surface area contributed by atoms with E-state index >= 15 is 0 Å². The third-order valence-corrected chi connectivity index (χ3v) is 3.65. The highest BCUT2D eigenvalue weighted by molar-refractivity contribution is 6.32. The molecule has 0 atom stereocenters. The molecule has 0 aliphatic heterocycles. The Bertz CT molecular complexity index is 860. The van der Waals surface area contributed by atoms with Crippen molar-refractivity contribution in [1.29, 1.82) is 0 Å². The minimum Gasteiger partial charge on any atom is -0.457 e. The second kappa shape index (κ2) is 7.20. The van der Waals surface area contributed by atoms with Crippen LogP contribution in [0.5, 0.6) is 17.2 Å². The third-order valence-electron chi connectivity index (χ3n) is 3.34. The predicted molar refractivity (Wildman–Crippen MR) is 94.1 cm³/mol. The van der Waals surface area contributed by atoms with Crippen LogP contribution >= 0.6 is 11.6 Å². The number of esters is 1. The van der Waals surface area contributed by atoms with Crippen molar-refractivity contribution in [2.75, 3.05) is 0 Å². The van der Waals surface area contributed by atoms with E-state index in [1.165, 1.54) is 0 Å². The molecule has 0 aliphatic rings. The van der Waals surface area contributed by atoms with Crippen LogP contribution in [0.1, 0.15) is 15.9 Å². The smallest absolute Gasteiger partial charge is 0.343 e. The Balaban J connectivity index is 1.78. The average Bonchev–Trinajstić information content (AvgIpc) is 2.59. The van der Waals surface area contributed by atoms with Gasteiger partial charge in [-0.25, -0.2) is 4.79 Å². The Labute approximate surface area is 145 Å². The zero-order chi connectivity index (χ0) is 16.9. The van der Waals surface area contributed by atoms with Gasteiger partial charge < -0.3 is 9.47 Å². The van der Waals surface area contributed by atoms with Gasteiger partial charge in [0.2, 0.25) is 0 Å². The van der Waals surface area contributed by atoms with Gasteiger partial charge in [0.25, 0.3) is 0 Å². The standard InChI is InChI=1S/C20H15ClO3/c1-14-10-11-18(21)19(12-14)24-20(22)15-6-5-9-17(13-15)23-16-7-3-2-4-8-16/h2-13H,1H3. The molecule has 3 aromatic rings. The summed E-state index contributed by atoms with van der Waals surface area (Å²) >= 11 is 6.06. The lowest BCUT2D eigenvalue weighted by Gasteiger charge is -2.09. The monoisotopic (exact) mass is 338 g/mol. The second-order valence-corrected chi connectivity index (χ2v) is 5.67. The van der Waals surface area contributed by atoms with Crippen molar-refractivity contribution >= 4 is 17.6 Å². The van der Waals surface area contributed by atoms with Gasteiger partial charge in [-0.2, -0.15) is 0 Å². The summed E-state index contributed by atoms with van der Waals surface area (Å²) in [6.07, 6.45) is 0. The number of ether oxygens (including phenoxy) is 2. The van der Waals surface area contributed by atoms with Gasteiger partial charge in [-0.1, -0.05) is 41.9 Å². The number of para-hydroxylation sites is 1. The topological polar surface area (TPSA) is 35.5 Å². The number of carbonyl (C=O) groups excluding carboxylic acids is 1. The normalized spacial score (nSPS) is 10.2.